The number of hydrogen-bond donors (Lipinski definition) is 0. The Labute approximate surface area is 112 Å². The summed E-state index contributed by atoms with van der Waals surface area (Å²) in [4.78, 5) is 13.6. The lowest BCUT2D eigenvalue weighted by atomic mass is 10.2. The summed E-state index contributed by atoms with van der Waals surface area (Å²) in [6, 6.07) is 0. The van der Waals surface area contributed by atoms with E-state index in [9.17, 15) is 4.79 Å². The highest BCUT2D eigenvalue weighted by Crippen LogP contribution is 2.18. The van der Waals surface area contributed by atoms with Crippen molar-refractivity contribution in [3.63, 3.8) is 0 Å². The Balaban J connectivity index is 2.32. The van der Waals surface area contributed by atoms with E-state index in [1.807, 2.05) is 0 Å². The maximum atomic E-state index is 12.3. The quantitative estimate of drug-likeness (QED) is 0.758. The van der Waals surface area contributed by atoms with Crippen LogP contribution in [-0.4, -0.2) is 44.3 Å². The van der Waals surface area contributed by atoms with Gasteiger partial charge in [0.25, 0.3) is 0 Å². The molecule has 0 aromatic carbocycles. The third kappa shape index (κ3) is 2.49. The highest BCUT2D eigenvalue weighted by Gasteiger charge is 2.21. The molecule has 0 spiro atoms. The van der Waals surface area contributed by atoms with E-state index in [1.54, 1.807) is 25.0 Å². The van der Waals surface area contributed by atoms with Crippen LogP contribution in [0.1, 0.15) is 16.2 Å². The second kappa shape index (κ2) is 5.40. The maximum absolute atomic E-state index is 12.3. The summed E-state index contributed by atoms with van der Waals surface area (Å²) < 4.78 is 7.20. The first kappa shape index (κ1) is 12.9. The number of halogens is 1. The standard InChI is InChI=1S/C10H12BrN5O2/c1-15-12-6-8(14-15)10(17)9-7(11)5-13-16(9)3-4-18-2/h5-6H,3-4H2,1-2H3. The average Bonchev–Trinajstić information content (AvgIpc) is 2.92. The Morgan fingerprint density at radius 2 is 2.22 bits per heavy atom. The van der Waals surface area contributed by atoms with Gasteiger partial charge in [0.05, 0.1) is 30.0 Å². The minimum Gasteiger partial charge on any atom is -0.383 e. The van der Waals surface area contributed by atoms with E-state index in [-0.39, 0.29) is 11.5 Å². The van der Waals surface area contributed by atoms with Crippen molar-refractivity contribution in [1.82, 2.24) is 24.8 Å². The van der Waals surface area contributed by atoms with Gasteiger partial charge < -0.3 is 4.74 Å². The van der Waals surface area contributed by atoms with E-state index in [1.165, 1.54) is 11.0 Å². The van der Waals surface area contributed by atoms with Gasteiger partial charge in [-0.3, -0.25) is 9.48 Å². The molecule has 2 heterocycles. The van der Waals surface area contributed by atoms with Crippen molar-refractivity contribution in [2.45, 2.75) is 6.54 Å². The van der Waals surface area contributed by atoms with E-state index in [0.717, 1.165) is 0 Å². The van der Waals surface area contributed by atoms with Gasteiger partial charge in [0.2, 0.25) is 5.78 Å². The second-order valence-electron chi connectivity index (χ2n) is 3.61. The summed E-state index contributed by atoms with van der Waals surface area (Å²) in [5.41, 5.74) is 0.741. The zero-order valence-electron chi connectivity index (χ0n) is 10.00. The lowest BCUT2D eigenvalue weighted by molar-refractivity contribution is 0.101. The molecule has 18 heavy (non-hydrogen) atoms. The van der Waals surface area contributed by atoms with Gasteiger partial charge in [0.15, 0.2) is 5.69 Å². The SMILES string of the molecule is COCCn1ncc(Br)c1C(=O)c1cnn(C)n1. The summed E-state index contributed by atoms with van der Waals surface area (Å²) in [6.45, 7) is 0.984. The topological polar surface area (TPSA) is 74.8 Å². The molecule has 0 bridgehead atoms. The zero-order chi connectivity index (χ0) is 13.1. The summed E-state index contributed by atoms with van der Waals surface area (Å²) in [5, 5.41) is 12.0. The van der Waals surface area contributed by atoms with Crippen molar-refractivity contribution < 1.29 is 9.53 Å². The van der Waals surface area contributed by atoms with Crippen LogP contribution in [-0.2, 0) is 18.3 Å². The van der Waals surface area contributed by atoms with Gasteiger partial charge in [0, 0.05) is 14.2 Å². The molecule has 96 valence electrons. The number of aromatic nitrogens is 5. The summed E-state index contributed by atoms with van der Waals surface area (Å²) in [5.74, 6) is -0.219. The van der Waals surface area contributed by atoms with Crippen molar-refractivity contribution in [2.24, 2.45) is 7.05 Å². The highest BCUT2D eigenvalue weighted by atomic mass is 79.9. The molecule has 7 nitrogen and oxygen atoms in total. The smallest absolute Gasteiger partial charge is 0.234 e. The van der Waals surface area contributed by atoms with Gasteiger partial charge in [-0.2, -0.15) is 20.1 Å². The third-order valence-electron chi connectivity index (χ3n) is 2.35. The number of aryl methyl sites for hydroxylation is 1. The molecule has 0 unspecified atom stereocenters. The van der Waals surface area contributed by atoms with Crippen LogP contribution in [0.4, 0.5) is 0 Å². The lowest BCUT2D eigenvalue weighted by Crippen LogP contribution is -2.15. The predicted octanol–water partition coefficient (Wildman–Crippen LogP) is 0.651. The monoisotopic (exact) mass is 313 g/mol. The number of nitrogens with zero attached hydrogens (tertiary/aromatic N) is 5. The van der Waals surface area contributed by atoms with E-state index >= 15 is 0 Å². The van der Waals surface area contributed by atoms with Gasteiger partial charge in [-0.25, -0.2) is 0 Å². The fourth-order valence-electron chi connectivity index (χ4n) is 1.51. The minimum atomic E-state index is -0.219. The van der Waals surface area contributed by atoms with Crippen LogP contribution in [0.15, 0.2) is 16.9 Å². The fourth-order valence-corrected chi connectivity index (χ4v) is 1.98. The molecule has 8 heteroatoms. The first-order valence-electron chi connectivity index (χ1n) is 5.24. The second-order valence-corrected chi connectivity index (χ2v) is 4.46. The normalized spacial score (nSPS) is 10.8. The molecule has 0 fully saturated rings. The molecule has 2 aromatic heterocycles. The number of ketones is 1. The van der Waals surface area contributed by atoms with Crippen molar-refractivity contribution in [1.29, 1.82) is 0 Å². The van der Waals surface area contributed by atoms with E-state index in [4.69, 9.17) is 4.74 Å². The molecule has 0 atom stereocenters. The van der Waals surface area contributed by atoms with Crippen LogP contribution in [0.2, 0.25) is 0 Å². The Hall–Kier alpha value is -1.54. The first-order chi connectivity index (χ1) is 8.63. The number of carbonyl (C=O) groups excluding carboxylic acids is 1. The molecule has 0 amide bonds. The minimum absolute atomic E-state index is 0.219. The van der Waals surface area contributed by atoms with Crippen LogP contribution in [0.5, 0.6) is 0 Å². The van der Waals surface area contributed by atoms with Gasteiger partial charge in [-0.15, -0.1) is 0 Å². The predicted molar refractivity (Wildman–Crippen MR) is 66.2 cm³/mol. The van der Waals surface area contributed by atoms with E-state index in [2.05, 4.69) is 31.2 Å². The summed E-state index contributed by atoms with van der Waals surface area (Å²) in [7, 11) is 3.26. The van der Waals surface area contributed by atoms with Crippen LogP contribution >= 0.6 is 15.9 Å². The largest absolute Gasteiger partial charge is 0.383 e. The molecular formula is C10H12BrN5O2. The van der Waals surface area contributed by atoms with Crippen molar-refractivity contribution in [3.8, 4) is 0 Å². The van der Waals surface area contributed by atoms with Crippen LogP contribution in [0.25, 0.3) is 0 Å². The van der Waals surface area contributed by atoms with Crippen LogP contribution in [0, 0.1) is 0 Å². The third-order valence-corrected chi connectivity index (χ3v) is 2.93. The average molecular weight is 314 g/mol. The number of rotatable bonds is 5. The molecule has 2 rings (SSSR count). The lowest BCUT2D eigenvalue weighted by Gasteiger charge is -2.05. The Morgan fingerprint density at radius 3 is 2.83 bits per heavy atom. The van der Waals surface area contributed by atoms with E-state index in [0.29, 0.717) is 23.3 Å². The van der Waals surface area contributed by atoms with Gasteiger partial charge >= 0.3 is 0 Å². The number of methoxy groups -OCH3 is 1. The van der Waals surface area contributed by atoms with Gasteiger partial charge in [0.1, 0.15) is 5.69 Å². The zero-order valence-corrected chi connectivity index (χ0v) is 11.6. The number of ether oxygens (including phenoxy) is 1. The van der Waals surface area contributed by atoms with Crippen molar-refractivity contribution in [2.75, 3.05) is 13.7 Å². The summed E-state index contributed by atoms with van der Waals surface area (Å²) in [6.07, 6.45) is 3.02. The Morgan fingerprint density at radius 1 is 1.44 bits per heavy atom. The molecule has 0 aliphatic rings. The first-order valence-corrected chi connectivity index (χ1v) is 6.04. The van der Waals surface area contributed by atoms with Crippen molar-refractivity contribution in [3.05, 3.63) is 28.3 Å². The Bertz CT molecular complexity index is 562. The van der Waals surface area contributed by atoms with Crippen LogP contribution < -0.4 is 0 Å². The molecule has 0 aliphatic heterocycles. The molecule has 0 radical (unpaired) electrons. The number of hydrogen-bond acceptors (Lipinski definition) is 5. The summed E-state index contributed by atoms with van der Waals surface area (Å²) >= 11 is 3.31. The van der Waals surface area contributed by atoms with Crippen molar-refractivity contribution >= 4 is 21.7 Å². The maximum Gasteiger partial charge on any atom is 0.234 e. The molecule has 0 saturated carbocycles. The molecule has 2 aromatic rings. The van der Waals surface area contributed by atoms with Crippen LogP contribution in [0.3, 0.4) is 0 Å². The number of carbonyl (C=O) groups is 1. The molecule has 0 N–H and O–H groups in total. The van der Waals surface area contributed by atoms with Gasteiger partial charge in [-0.1, -0.05) is 0 Å². The molecule has 0 aliphatic carbocycles. The van der Waals surface area contributed by atoms with E-state index < -0.39 is 0 Å². The molecular weight excluding hydrogens is 302 g/mol. The molecule has 0 saturated heterocycles. The Kier molecular flexibility index (Phi) is 3.87. The highest BCUT2D eigenvalue weighted by molar-refractivity contribution is 9.10. The van der Waals surface area contributed by atoms with Gasteiger partial charge in [-0.05, 0) is 15.9 Å². The fraction of sp³-hybridized carbons (Fsp3) is 0.400.